The molecule has 5 heteroatoms. The molecule has 0 aliphatic carbocycles. The first-order valence-corrected chi connectivity index (χ1v) is 4.05. The number of benzene rings is 1. The first-order valence-electron chi connectivity index (χ1n) is 4.05. The Balaban J connectivity index is 3.40. The van der Waals surface area contributed by atoms with Crippen LogP contribution in [0.15, 0.2) is 18.2 Å². The van der Waals surface area contributed by atoms with E-state index >= 15 is 0 Å². The topological polar surface area (TPSA) is 91.7 Å². The molecule has 5 nitrogen and oxygen atoms in total. The van der Waals surface area contributed by atoms with Crippen molar-refractivity contribution in [2.24, 2.45) is 0 Å². The number of carbonyl (C=O) groups excluding carboxylic acids is 1. The highest BCUT2D eigenvalue weighted by Gasteiger charge is 2.15. The lowest BCUT2D eigenvalue weighted by atomic mass is 10.0. The van der Waals surface area contributed by atoms with Gasteiger partial charge in [-0.25, -0.2) is 9.59 Å². The predicted molar refractivity (Wildman–Crippen MR) is 50.4 cm³/mol. The van der Waals surface area contributed by atoms with Gasteiger partial charge < -0.3 is 10.2 Å². The molecule has 1 aromatic rings. The molecular weight excluding hydrogens is 200 g/mol. The molecule has 0 aliphatic heterocycles. The molecule has 0 aliphatic rings. The van der Waals surface area contributed by atoms with Gasteiger partial charge in [0, 0.05) is 5.56 Å². The van der Waals surface area contributed by atoms with E-state index in [1.54, 1.807) is 0 Å². The summed E-state index contributed by atoms with van der Waals surface area (Å²) < 4.78 is 0. The molecule has 0 heterocycles. The highest BCUT2D eigenvalue weighted by Crippen LogP contribution is 2.13. The normalized spacial score (nSPS) is 9.67. The molecule has 0 saturated carbocycles. The van der Waals surface area contributed by atoms with Crippen molar-refractivity contribution in [1.82, 2.24) is 0 Å². The van der Waals surface area contributed by atoms with E-state index in [0.717, 1.165) is 18.2 Å². The fourth-order valence-electron chi connectivity index (χ4n) is 1.16. The van der Waals surface area contributed by atoms with Gasteiger partial charge in [0.05, 0.1) is 11.1 Å². The van der Waals surface area contributed by atoms with Crippen molar-refractivity contribution >= 4 is 17.7 Å². The van der Waals surface area contributed by atoms with E-state index in [-0.39, 0.29) is 16.7 Å². The Morgan fingerprint density at radius 2 is 1.60 bits per heavy atom. The average Bonchev–Trinajstić information content (AvgIpc) is 2.16. The Kier molecular flexibility index (Phi) is 2.85. The summed E-state index contributed by atoms with van der Waals surface area (Å²) in [6.45, 7) is 1.19. The van der Waals surface area contributed by atoms with Crippen LogP contribution in [0, 0.1) is 0 Å². The summed E-state index contributed by atoms with van der Waals surface area (Å²) in [7, 11) is 0. The minimum atomic E-state index is -1.25. The van der Waals surface area contributed by atoms with Gasteiger partial charge in [0.2, 0.25) is 0 Å². The quantitative estimate of drug-likeness (QED) is 0.730. The molecule has 0 radical (unpaired) electrons. The molecule has 0 aromatic heterocycles. The van der Waals surface area contributed by atoms with Gasteiger partial charge in [-0.05, 0) is 25.1 Å². The second kappa shape index (κ2) is 3.91. The number of rotatable bonds is 3. The second-order valence-electron chi connectivity index (χ2n) is 2.93. The third kappa shape index (κ3) is 2.19. The van der Waals surface area contributed by atoms with Crippen molar-refractivity contribution in [3.63, 3.8) is 0 Å². The molecule has 15 heavy (non-hydrogen) atoms. The number of carbonyl (C=O) groups is 3. The summed E-state index contributed by atoms with van der Waals surface area (Å²) in [5.41, 5.74) is -0.389. The Hall–Kier alpha value is -2.17. The van der Waals surface area contributed by atoms with Gasteiger partial charge in [0.1, 0.15) is 0 Å². The van der Waals surface area contributed by atoms with Crippen molar-refractivity contribution in [1.29, 1.82) is 0 Å². The molecular formula is C10H8O5. The van der Waals surface area contributed by atoms with Crippen molar-refractivity contribution in [2.75, 3.05) is 0 Å². The van der Waals surface area contributed by atoms with E-state index in [0.29, 0.717) is 0 Å². The number of carboxylic acid groups (broad SMARTS) is 2. The third-order valence-corrected chi connectivity index (χ3v) is 1.88. The highest BCUT2D eigenvalue weighted by atomic mass is 16.4. The lowest BCUT2D eigenvalue weighted by molar-refractivity contribution is 0.0679. The third-order valence-electron chi connectivity index (χ3n) is 1.88. The molecule has 0 bridgehead atoms. The molecule has 1 rings (SSSR count). The molecule has 0 saturated heterocycles. The van der Waals surface area contributed by atoms with Gasteiger partial charge in [0.15, 0.2) is 5.78 Å². The Morgan fingerprint density at radius 1 is 1.00 bits per heavy atom. The molecule has 78 valence electrons. The maximum atomic E-state index is 11.1. The Labute approximate surface area is 85.0 Å². The standard InChI is InChI=1S/C10H8O5/c1-5(11)8-4-6(9(12)13)2-3-7(8)10(14)15/h2-4H,1H3,(H,12,13)(H,14,15). The van der Waals surface area contributed by atoms with Crippen LogP contribution in [0.2, 0.25) is 0 Å². The lowest BCUT2D eigenvalue weighted by Crippen LogP contribution is -2.08. The van der Waals surface area contributed by atoms with E-state index in [2.05, 4.69) is 0 Å². The smallest absolute Gasteiger partial charge is 0.336 e. The molecule has 1 aromatic carbocycles. The maximum Gasteiger partial charge on any atom is 0.336 e. The number of hydrogen-bond acceptors (Lipinski definition) is 3. The predicted octanol–water partition coefficient (Wildman–Crippen LogP) is 1.29. The molecule has 2 N–H and O–H groups in total. The van der Waals surface area contributed by atoms with E-state index in [1.165, 1.54) is 6.92 Å². The van der Waals surface area contributed by atoms with Crippen LogP contribution in [-0.2, 0) is 0 Å². The monoisotopic (exact) mass is 208 g/mol. The summed E-state index contributed by atoms with van der Waals surface area (Å²) in [5.74, 6) is -2.93. The van der Waals surface area contributed by atoms with Crippen LogP contribution in [0.5, 0.6) is 0 Å². The van der Waals surface area contributed by atoms with Crippen LogP contribution in [0.25, 0.3) is 0 Å². The Morgan fingerprint density at radius 3 is 2.00 bits per heavy atom. The van der Waals surface area contributed by atoms with E-state index in [9.17, 15) is 14.4 Å². The fraction of sp³-hybridized carbons (Fsp3) is 0.100. The largest absolute Gasteiger partial charge is 0.478 e. The molecule has 0 fully saturated rings. The van der Waals surface area contributed by atoms with E-state index in [1.807, 2.05) is 0 Å². The van der Waals surface area contributed by atoms with Crippen LogP contribution in [0.1, 0.15) is 38.0 Å². The first-order chi connectivity index (χ1) is 6.93. The van der Waals surface area contributed by atoms with Crippen molar-refractivity contribution < 1.29 is 24.6 Å². The number of Topliss-reactive ketones (excluding diaryl/α,β-unsaturated/α-hetero) is 1. The average molecular weight is 208 g/mol. The SMILES string of the molecule is CC(=O)c1cc(C(=O)O)ccc1C(=O)O. The van der Waals surface area contributed by atoms with Crippen LogP contribution >= 0.6 is 0 Å². The van der Waals surface area contributed by atoms with Gasteiger partial charge >= 0.3 is 11.9 Å². The van der Waals surface area contributed by atoms with Crippen molar-refractivity contribution in [2.45, 2.75) is 6.92 Å². The fourth-order valence-corrected chi connectivity index (χ4v) is 1.16. The van der Waals surface area contributed by atoms with Gasteiger partial charge in [0.25, 0.3) is 0 Å². The molecule has 0 atom stereocenters. The zero-order valence-electron chi connectivity index (χ0n) is 7.85. The lowest BCUT2D eigenvalue weighted by Gasteiger charge is -2.03. The first kappa shape index (κ1) is 10.9. The van der Waals surface area contributed by atoms with Crippen LogP contribution < -0.4 is 0 Å². The van der Waals surface area contributed by atoms with Gasteiger partial charge in [-0.1, -0.05) is 0 Å². The van der Waals surface area contributed by atoms with Gasteiger partial charge in [-0.15, -0.1) is 0 Å². The highest BCUT2D eigenvalue weighted by molar-refractivity contribution is 6.06. The van der Waals surface area contributed by atoms with Crippen LogP contribution in [0.3, 0.4) is 0 Å². The number of ketones is 1. The zero-order valence-corrected chi connectivity index (χ0v) is 7.85. The van der Waals surface area contributed by atoms with E-state index in [4.69, 9.17) is 10.2 Å². The Bertz CT molecular complexity index is 447. The minimum Gasteiger partial charge on any atom is -0.478 e. The van der Waals surface area contributed by atoms with Crippen LogP contribution in [-0.4, -0.2) is 27.9 Å². The summed E-state index contributed by atoms with van der Waals surface area (Å²) in [6, 6.07) is 3.33. The number of carboxylic acids is 2. The zero-order chi connectivity index (χ0) is 11.6. The van der Waals surface area contributed by atoms with Crippen molar-refractivity contribution in [3.05, 3.63) is 34.9 Å². The summed E-state index contributed by atoms with van der Waals surface area (Å²) in [6.07, 6.45) is 0. The minimum absolute atomic E-state index is 0.0950. The van der Waals surface area contributed by atoms with Gasteiger partial charge in [-0.3, -0.25) is 4.79 Å². The summed E-state index contributed by atoms with van der Waals surface area (Å²) >= 11 is 0. The second-order valence-corrected chi connectivity index (χ2v) is 2.93. The molecule has 0 amide bonds. The van der Waals surface area contributed by atoms with Crippen molar-refractivity contribution in [3.8, 4) is 0 Å². The van der Waals surface area contributed by atoms with E-state index < -0.39 is 17.7 Å². The van der Waals surface area contributed by atoms with Crippen LogP contribution in [0.4, 0.5) is 0 Å². The maximum absolute atomic E-state index is 11.1. The molecule has 0 spiro atoms. The molecule has 0 unspecified atom stereocenters. The number of hydrogen-bond donors (Lipinski definition) is 2. The van der Waals surface area contributed by atoms with Gasteiger partial charge in [-0.2, -0.15) is 0 Å². The summed E-state index contributed by atoms with van der Waals surface area (Å²) in [4.78, 5) is 32.4. The number of aromatic carboxylic acids is 2. The summed E-state index contributed by atoms with van der Waals surface area (Å²) in [5, 5.41) is 17.4.